The number of anilines is 2. The Balaban J connectivity index is 1.59. The van der Waals surface area contributed by atoms with E-state index in [1.54, 1.807) is 0 Å². The molecule has 0 amide bonds. The maximum absolute atomic E-state index is 14.2. The summed E-state index contributed by atoms with van der Waals surface area (Å²) in [6.45, 7) is 9.41. The molecule has 7 heteroatoms. The number of H-pyrrole nitrogens is 1. The Bertz CT molecular complexity index is 994. The molecule has 2 aromatic heterocycles. The van der Waals surface area contributed by atoms with E-state index >= 15 is 0 Å². The van der Waals surface area contributed by atoms with E-state index in [-0.39, 0.29) is 0 Å². The fourth-order valence-corrected chi connectivity index (χ4v) is 3.82. The van der Waals surface area contributed by atoms with Crippen molar-refractivity contribution in [1.82, 2.24) is 15.0 Å². The van der Waals surface area contributed by atoms with Gasteiger partial charge in [-0.05, 0) is 37.5 Å². The van der Waals surface area contributed by atoms with Gasteiger partial charge >= 0.3 is 0 Å². The van der Waals surface area contributed by atoms with Gasteiger partial charge in [-0.2, -0.15) is 4.98 Å². The van der Waals surface area contributed by atoms with Gasteiger partial charge < -0.3 is 19.9 Å². The molecule has 148 valence electrons. The molecule has 0 spiro atoms. The third kappa shape index (κ3) is 3.54. The van der Waals surface area contributed by atoms with Crippen molar-refractivity contribution in [3.05, 3.63) is 46.5 Å². The Morgan fingerprint density at radius 3 is 2.79 bits per heavy atom. The summed E-state index contributed by atoms with van der Waals surface area (Å²) in [5.41, 5.74) is 6.06. The molecular weight excluding hydrogens is 357 g/mol. The number of hydrogen-bond donors (Lipinski definition) is 2. The molecule has 6 nitrogen and oxygen atoms in total. The molecule has 1 fully saturated rings. The first kappa shape index (κ1) is 18.7. The molecule has 3 heterocycles. The fourth-order valence-electron chi connectivity index (χ4n) is 3.82. The minimum Gasteiger partial charge on any atom is -0.378 e. The van der Waals surface area contributed by atoms with Crippen LogP contribution in [-0.4, -0.2) is 41.3 Å². The van der Waals surface area contributed by atoms with Gasteiger partial charge in [-0.1, -0.05) is 18.6 Å². The molecule has 1 saturated heterocycles. The van der Waals surface area contributed by atoms with Crippen LogP contribution in [0, 0.1) is 19.7 Å². The van der Waals surface area contributed by atoms with Crippen LogP contribution in [-0.2, 0) is 17.7 Å². The molecule has 2 N–H and O–H groups in total. The second-order valence-electron chi connectivity index (χ2n) is 7.25. The average molecular weight is 383 g/mol. The standard InChI is InChI=1S/C21H26FN5O/c1-4-18-14(3)16-10-13(2)9-15(19(16)25-18)11-23-21-24-12-17(22)20(26-21)27-5-7-28-8-6-27/h9-10,12,25H,4-8,11H2,1-3H3,(H,23,24,26). The molecule has 1 aromatic carbocycles. The van der Waals surface area contributed by atoms with E-state index in [0.29, 0.717) is 44.6 Å². The number of nitrogens with one attached hydrogen (secondary N) is 2. The van der Waals surface area contributed by atoms with E-state index < -0.39 is 5.82 Å². The summed E-state index contributed by atoms with van der Waals surface area (Å²) in [6, 6.07) is 4.38. The summed E-state index contributed by atoms with van der Waals surface area (Å²) in [7, 11) is 0. The van der Waals surface area contributed by atoms with Gasteiger partial charge in [0.1, 0.15) is 0 Å². The molecule has 0 aliphatic carbocycles. The molecule has 0 bridgehead atoms. The van der Waals surface area contributed by atoms with Gasteiger partial charge in [0.15, 0.2) is 11.6 Å². The number of aryl methyl sites for hydroxylation is 3. The molecule has 0 saturated carbocycles. The number of halogens is 1. The van der Waals surface area contributed by atoms with Crippen LogP contribution in [0.15, 0.2) is 18.3 Å². The number of hydrogen-bond acceptors (Lipinski definition) is 5. The zero-order valence-corrected chi connectivity index (χ0v) is 16.6. The molecule has 0 unspecified atom stereocenters. The third-order valence-corrected chi connectivity index (χ3v) is 5.32. The Labute approximate surface area is 164 Å². The smallest absolute Gasteiger partial charge is 0.225 e. The quantitative estimate of drug-likeness (QED) is 0.703. The van der Waals surface area contributed by atoms with E-state index in [2.05, 4.69) is 53.2 Å². The van der Waals surface area contributed by atoms with E-state index in [4.69, 9.17) is 4.74 Å². The van der Waals surface area contributed by atoms with Crippen LogP contribution in [0.1, 0.15) is 29.3 Å². The minimum absolute atomic E-state index is 0.333. The highest BCUT2D eigenvalue weighted by molar-refractivity contribution is 5.88. The second kappa shape index (κ2) is 7.75. The van der Waals surface area contributed by atoms with Crippen molar-refractivity contribution in [2.24, 2.45) is 0 Å². The van der Waals surface area contributed by atoms with Crippen LogP contribution >= 0.6 is 0 Å². The van der Waals surface area contributed by atoms with Crippen LogP contribution in [0.25, 0.3) is 10.9 Å². The van der Waals surface area contributed by atoms with Crippen molar-refractivity contribution in [2.45, 2.75) is 33.7 Å². The summed E-state index contributed by atoms with van der Waals surface area (Å²) in [4.78, 5) is 14.0. The molecule has 1 aliphatic rings. The molecule has 4 rings (SSSR count). The molecular formula is C21H26FN5O. The monoisotopic (exact) mass is 383 g/mol. The first-order chi connectivity index (χ1) is 13.6. The summed E-state index contributed by atoms with van der Waals surface area (Å²) < 4.78 is 19.6. The number of benzene rings is 1. The number of aromatic amines is 1. The van der Waals surface area contributed by atoms with E-state index in [1.165, 1.54) is 28.4 Å². The van der Waals surface area contributed by atoms with Gasteiger partial charge in [0.25, 0.3) is 0 Å². The molecule has 0 radical (unpaired) electrons. The lowest BCUT2D eigenvalue weighted by molar-refractivity contribution is 0.122. The van der Waals surface area contributed by atoms with E-state index in [1.807, 2.05) is 4.90 Å². The Morgan fingerprint density at radius 1 is 1.25 bits per heavy atom. The zero-order chi connectivity index (χ0) is 19.7. The van der Waals surface area contributed by atoms with Crippen molar-refractivity contribution in [2.75, 3.05) is 36.5 Å². The van der Waals surface area contributed by atoms with Gasteiger partial charge in [-0.25, -0.2) is 9.37 Å². The van der Waals surface area contributed by atoms with Crippen LogP contribution in [0.5, 0.6) is 0 Å². The number of morpholine rings is 1. The largest absolute Gasteiger partial charge is 0.378 e. The highest BCUT2D eigenvalue weighted by Gasteiger charge is 2.18. The Kier molecular flexibility index (Phi) is 5.17. The van der Waals surface area contributed by atoms with Crippen LogP contribution in [0.3, 0.4) is 0 Å². The minimum atomic E-state index is -0.405. The summed E-state index contributed by atoms with van der Waals surface area (Å²) in [6.07, 6.45) is 2.20. The lowest BCUT2D eigenvalue weighted by Gasteiger charge is -2.28. The van der Waals surface area contributed by atoms with Gasteiger partial charge in [0.2, 0.25) is 5.95 Å². The van der Waals surface area contributed by atoms with Gasteiger partial charge in [0, 0.05) is 30.7 Å². The number of aromatic nitrogens is 3. The van der Waals surface area contributed by atoms with Crippen molar-refractivity contribution in [1.29, 1.82) is 0 Å². The predicted molar refractivity (Wildman–Crippen MR) is 109 cm³/mol. The predicted octanol–water partition coefficient (Wildman–Crippen LogP) is 3.72. The van der Waals surface area contributed by atoms with Crippen molar-refractivity contribution in [3.63, 3.8) is 0 Å². The first-order valence-electron chi connectivity index (χ1n) is 9.76. The van der Waals surface area contributed by atoms with Crippen molar-refractivity contribution in [3.8, 4) is 0 Å². The van der Waals surface area contributed by atoms with Crippen molar-refractivity contribution < 1.29 is 9.13 Å². The summed E-state index contributed by atoms with van der Waals surface area (Å²) >= 11 is 0. The lowest BCUT2D eigenvalue weighted by atomic mass is 10.0. The van der Waals surface area contributed by atoms with Gasteiger partial charge in [-0.15, -0.1) is 0 Å². The van der Waals surface area contributed by atoms with Crippen LogP contribution in [0.2, 0.25) is 0 Å². The summed E-state index contributed by atoms with van der Waals surface area (Å²) in [5, 5.41) is 4.52. The Hall–Kier alpha value is -2.67. The SMILES string of the molecule is CCc1[nH]c2c(CNc3ncc(F)c(N4CCOCC4)n3)cc(C)cc2c1C. The molecule has 0 atom stereocenters. The average Bonchev–Trinajstić information content (AvgIpc) is 3.03. The third-order valence-electron chi connectivity index (χ3n) is 5.32. The normalized spacial score (nSPS) is 14.6. The molecule has 28 heavy (non-hydrogen) atoms. The molecule has 3 aromatic rings. The highest BCUT2D eigenvalue weighted by Crippen LogP contribution is 2.27. The maximum atomic E-state index is 14.2. The number of fused-ring (bicyclic) bond motifs is 1. The zero-order valence-electron chi connectivity index (χ0n) is 16.6. The second-order valence-corrected chi connectivity index (χ2v) is 7.25. The van der Waals surface area contributed by atoms with E-state index in [9.17, 15) is 4.39 Å². The number of nitrogens with zero attached hydrogens (tertiary/aromatic N) is 3. The molecule has 1 aliphatic heterocycles. The first-order valence-corrected chi connectivity index (χ1v) is 9.76. The van der Waals surface area contributed by atoms with E-state index in [0.717, 1.165) is 17.5 Å². The van der Waals surface area contributed by atoms with Gasteiger partial charge in [0.05, 0.1) is 24.9 Å². The maximum Gasteiger partial charge on any atom is 0.225 e. The Morgan fingerprint density at radius 2 is 2.04 bits per heavy atom. The highest BCUT2D eigenvalue weighted by atomic mass is 19.1. The fraction of sp³-hybridized carbons (Fsp3) is 0.429. The number of ether oxygens (including phenoxy) is 1. The summed E-state index contributed by atoms with van der Waals surface area (Å²) in [5.74, 6) is 0.355. The van der Waals surface area contributed by atoms with Gasteiger partial charge in [-0.3, -0.25) is 0 Å². The van der Waals surface area contributed by atoms with Crippen LogP contribution in [0.4, 0.5) is 16.2 Å². The van der Waals surface area contributed by atoms with Crippen molar-refractivity contribution >= 4 is 22.7 Å². The topological polar surface area (TPSA) is 66.1 Å². The number of rotatable bonds is 5. The van der Waals surface area contributed by atoms with Crippen LogP contribution < -0.4 is 10.2 Å². The lowest BCUT2D eigenvalue weighted by Crippen LogP contribution is -2.37.